The molecule has 0 bridgehead atoms. The minimum Gasteiger partial charge on any atom is -0.456 e. The largest absolute Gasteiger partial charge is 0.456 e. The Morgan fingerprint density at radius 3 is 1.52 bits per heavy atom. The van der Waals surface area contributed by atoms with E-state index in [-0.39, 0.29) is 5.41 Å². The predicted octanol–water partition coefficient (Wildman–Crippen LogP) is 18.9. The van der Waals surface area contributed by atoms with Crippen molar-refractivity contribution in [3.8, 4) is 33.4 Å². The first-order valence-corrected chi connectivity index (χ1v) is 25.3. The number of anilines is 6. The lowest BCUT2D eigenvalue weighted by atomic mass is 9.67. The highest BCUT2D eigenvalue weighted by Gasteiger charge is 2.46. The third kappa shape index (κ3) is 6.52. The van der Waals surface area contributed by atoms with Crippen molar-refractivity contribution in [2.45, 2.75) is 24.7 Å². The summed E-state index contributed by atoms with van der Waals surface area (Å²) in [6.07, 6.45) is 0. The Morgan fingerprint density at radius 1 is 0.329 bits per heavy atom. The van der Waals surface area contributed by atoms with Crippen LogP contribution >= 0.6 is 0 Å². The van der Waals surface area contributed by atoms with Crippen LogP contribution in [0, 0.1) is 0 Å². The summed E-state index contributed by atoms with van der Waals surface area (Å²) in [5.41, 5.74) is 22.4. The molecule has 1 heterocycles. The van der Waals surface area contributed by atoms with Gasteiger partial charge in [0.1, 0.15) is 11.2 Å². The van der Waals surface area contributed by atoms with E-state index in [4.69, 9.17) is 4.42 Å². The van der Waals surface area contributed by atoms with Crippen LogP contribution in [0.4, 0.5) is 34.1 Å². The monoisotopic (exact) mass is 934 g/mol. The minimum absolute atomic E-state index is 0.283. The summed E-state index contributed by atoms with van der Waals surface area (Å²) in [7, 11) is 0. The van der Waals surface area contributed by atoms with E-state index >= 15 is 0 Å². The van der Waals surface area contributed by atoms with Gasteiger partial charge in [-0.3, -0.25) is 0 Å². The van der Waals surface area contributed by atoms with Crippen LogP contribution in [0.3, 0.4) is 0 Å². The molecule has 12 aromatic rings. The number of fused-ring (bicyclic) bond motifs is 9. The van der Waals surface area contributed by atoms with Crippen molar-refractivity contribution in [1.29, 1.82) is 0 Å². The van der Waals surface area contributed by atoms with Gasteiger partial charge in [0.2, 0.25) is 0 Å². The molecule has 14 rings (SSSR count). The number of rotatable bonds is 9. The summed E-state index contributed by atoms with van der Waals surface area (Å²) >= 11 is 0. The van der Waals surface area contributed by atoms with Crippen LogP contribution < -0.4 is 9.80 Å². The quantitative estimate of drug-likeness (QED) is 0.144. The van der Waals surface area contributed by atoms with E-state index in [2.05, 4.69) is 285 Å². The second kappa shape index (κ2) is 16.7. The van der Waals surface area contributed by atoms with Crippen molar-refractivity contribution < 1.29 is 4.42 Å². The number of nitrogens with zero attached hydrogens (tertiary/aromatic N) is 2. The van der Waals surface area contributed by atoms with E-state index in [9.17, 15) is 0 Å². The summed E-state index contributed by atoms with van der Waals surface area (Å²) in [5, 5.41) is 2.15. The van der Waals surface area contributed by atoms with Crippen molar-refractivity contribution in [1.82, 2.24) is 0 Å². The van der Waals surface area contributed by atoms with Gasteiger partial charge in [0.15, 0.2) is 0 Å². The summed E-state index contributed by atoms with van der Waals surface area (Å²) in [4.78, 5) is 4.93. The Bertz CT molecular complexity index is 4030. The first-order valence-electron chi connectivity index (χ1n) is 25.3. The van der Waals surface area contributed by atoms with Gasteiger partial charge in [0, 0.05) is 33.6 Å². The molecule has 0 spiro atoms. The standard InChI is InChI=1S/C70H50N2O/c1-69(2)60-34-13-9-31-57(60)58-33-19-38-64(68(58)69)72(52-26-17-25-50(45-52)70(49-23-7-4-8-24-49)61-35-14-10-29-55(61)56-30-11-15-36-62(56)70)54-28-18-27-53(46-54)71(51-43-41-48(42-44-51)47-21-5-3-6-22-47)63-37-20-40-66-67(63)59-32-12-16-39-65(59)73-66/h3-46H,1-2H3. The fourth-order valence-corrected chi connectivity index (χ4v) is 12.6. The van der Waals surface area contributed by atoms with E-state index in [1.54, 1.807) is 0 Å². The molecule has 1 aromatic heterocycles. The molecule has 0 aliphatic heterocycles. The molecule has 0 unspecified atom stereocenters. The molecular weight excluding hydrogens is 885 g/mol. The highest BCUT2D eigenvalue weighted by atomic mass is 16.3. The number of para-hydroxylation sites is 1. The van der Waals surface area contributed by atoms with Gasteiger partial charge in [-0.2, -0.15) is 0 Å². The number of hydrogen-bond donors (Lipinski definition) is 0. The molecule has 0 atom stereocenters. The topological polar surface area (TPSA) is 19.6 Å². The zero-order chi connectivity index (χ0) is 48.7. The summed E-state index contributed by atoms with van der Waals surface area (Å²) in [5.74, 6) is 0. The number of hydrogen-bond acceptors (Lipinski definition) is 3. The van der Waals surface area contributed by atoms with Crippen molar-refractivity contribution in [3.05, 3.63) is 300 Å². The van der Waals surface area contributed by atoms with Gasteiger partial charge in [-0.05, 0) is 133 Å². The van der Waals surface area contributed by atoms with Gasteiger partial charge >= 0.3 is 0 Å². The van der Waals surface area contributed by atoms with Crippen molar-refractivity contribution in [3.63, 3.8) is 0 Å². The van der Waals surface area contributed by atoms with Gasteiger partial charge in [-0.25, -0.2) is 0 Å². The molecule has 0 fully saturated rings. The molecule has 3 nitrogen and oxygen atoms in total. The average Bonchev–Trinajstić information content (AvgIpc) is 4.07. The van der Waals surface area contributed by atoms with Crippen LogP contribution in [0.1, 0.15) is 47.2 Å². The SMILES string of the molecule is CC1(C)c2ccccc2-c2cccc(N(c3cccc(N(c4ccc(-c5ccccc5)cc4)c4cccc5oc6ccccc6c45)c3)c3cccc(C4(c5ccccc5)c5ccccc5-c5ccccc54)c3)c21. The predicted molar refractivity (Wildman–Crippen MR) is 303 cm³/mol. The Labute approximate surface area is 426 Å². The maximum atomic E-state index is 6.56. The van der Waals surface area contributed by atoms with E-state index in [0.29, 0.717) is 0 Å². The molecule has 0 N–H and O–H groups in total. The smallest absolute Gasteiger partial charge is 0.137 e. The molecule has 2 aliphatic carbocycles. The highest BCUT2D eigenvalue weighted by Crippen LogP contribution is 2.58. The maximum Gasteiger partial charge on any atom is 0.137 e. The van der Waals surface area contributed by atoms with Crippen LogP contribution in [0.5, 0.6) is 0 Å². The third-order valence-electron chi connectivity index (χ3n) is 15.7. The molecule has 0 amide bonds. The van der Waals surface area contributed by atoms with Crippen LogP contribution in [0.15, 0.2) is 271 Å². The van der Waals surface area contributed by atoms with Crippen molar-refractivity contribution in [2.24, 2.45) is 0 Å². The lowest BCUT2D eigenvalue weighted by molar-refractivity contribution is 0.661. The van der Waals surface area contributed by atoms with Crippen LogP contribution in [0.25, 0.3) is 55.3 Å². The minimum atomic E-state index is -0.569. The zero-order valence-corrected chi connectivity index (χ0v) is 40.7. The highest BCUT2D eigenvalue weighted by molar-refractivity contribution is 6.13. The Kier molecular flexibility index (Phi) is 9.78. The summed E-state index contributed by atoms with van der Waals surface area (Å²) in [6, 6.07) is 97.8. The van der Waals surface area contributed by atoms with Crippen molar-refractivity contribution in [2.75, 3.05) is 9.80 Å². The fraction of sp³-hybridized carbons (Fsp3) is 0.0571. The molecule has 0 radical (unpaired) electrons. The second-order valence-electron chi connectivity index (χ2n) is 20.0. The van der Waals surface area contributed by atoms with Gasteiger partial charge in [0.05, 0.1) is 22.2 Å². The molecule has 11 aromatic carbocycles. The maximum absolute atomic E-state index is 6.56. The van der Waals surface area contributed by atoms with Gasteiger partial charge in [-0.1, -0.05) is 214 Å². The van der Waals surface area contributed by atoms with Crippen LogP contribution in [0.2, 0.25) is 0 Å². The lowest BCUT2D eigenvalue weighted by Crippen LogP contribution is -2.29. The number of benzene rings is 11. The van der Waals surface area contributed by atoms with E-state index in [0.717, 1.165) is 56.1 Å². The first-order chi connectivity index (χ1) is 36.0. The Balaban J connectivity index is 1.02. The van der Waals surface area contributed by atoms with Gasteiger partial charge < -0.3 is 14.2 Å². The molecule has 346 valence electrons. The molecule has 0 saturated carbocycles. The molecular formula is C70H50N2O. The second-order valence-corrected chi connectivity index (χ2v) is 20.0. The molecule has 0 saturated heterocycles. The third-order valence-corrected chi connectivity index (χ3v) is 15.7. The first kappa shape index (κ1) is 42.7. The fourth-order valence-electron chi connectivity index (χ4n) is 12.6. The Morgan fingerprint density at radius 2 is 0.808 bits per heavy atom. The Hall–Kier alpha value is -9.18. The average molecular weight is 935 g/mol. The zero-order valence-electron chi connectivity index (χ0n) is 40.7. The summed E-state index contributed by atoms with van der Waals surface area (Å²) in [6.45, 7) is 4.78. The van der Waals surface area contributed by atoms with Gasteiger partial charge in [0.25, 0.3) is 0 Å². The van der Waals surface area contributed by atoms with Crippen LogP contribution in [-0.4, -0.2) is 0 Å². The molecule has 3 heteroatoms. The van der Waals surface area contributed by atoms with Crippen LogP contribution in [-0.2, 0) is 10.8 Å². The van der Waals surface area contributed by atoms with E-state index < -0.39 is 5.41 Å². The van der Waals surface area contributed by atoms with Crippen molar-refractivity contribution >= 4 is 56.1 Å². The normalized spacial score (nSPS) is 13.6. The summed E-state index contributed by atoms with van der Waals surface area (Å²) < 4.78 is 6.56. The lowest BCUT2D eigenvalue weighted by Gasteiger charge is -2.36. The molecule has 73 heavy (non-hydrogen) atoms. The number of furan rings is 1. The van der Waals surface area contributed by atoms with E-state index in [1.807, 2.05) is 6.07 Å². The van der Waals surface area contributed by atoms with Gasteiger partial charge in [-0.15, -0.1) is 0 Å². The van der Waals surface area contributed by atoms with E-state index in [1.165, 1.54) is 66.8 Å². The molecule has 2 aliphatic rings.